The van der Waals surface area contributed by atoms with E-state index in [1.54, 1.807) is 7.11 Å². The predicted octanol–water partition coefficient (Wildman–Crippen LogP) is 5.02. The Hall–Kier alpha value is -1.09. The quantitative estimate of drug-likeness (QED) is 0.410. The summed E-state index contributed by atoms with van der Waals surface area (Å²) in [5, 5.41) is 4.00. The van der Waals surface area contributed by atoms with Crippen LogP contribution >= 0.6 is 15.9 Å². The predicted molar refractivity (Wildman–Crippen MR) is 81.9 cm³/mol. The van der Waals surface area contributed by atoms with E-state index in [0.29, 0.717) is 0 Å². The van der Waals surface area contributed by atoms with Gasteiger partial charge in [-0.3, -0.25) is 0 Å². The Kier molecular flexibility index (Phi) is 6.73. The first-order valence-corrected chi connectivity index (χ1v) is 7.02. The molecule has 0 aliphatic heterocycles. The van der Waals surface area contributed by atoms with E-state index in [1.165, 1.54) is 18.4 Å². The highest BCUT2D eigenvalue weighted by molar-refractivity contribution is 9.10. The van der Waals surface area contributed by atoms with Crippen LogP contribution in [0.5, 0.6) is 0 Å². The second kappa shape index (κ2) is 8.09. The molecule has 0 spiro atoms. The van der Waals surface area contributed by atoms with E-state index in [9.17, 15) is 0 Å². The van der Waals surface area contributed by atoms with Gasteiger partial charge < -0.3 is 4.84 Å². The minimum absolute atomic E-state index is 0.889. The second-order valence-corrected chi connectivity index (χ2v) is 5.05. The maximum atomic E-state index is 4.84. The smallest absolute Gasteiger partial charge is 0.106 e. The van der Waals surface area contributed by atoms with Crippen molar-refractivity contribution in [1.82, 2.24) is 0 Å². The zero-order chi connectivity index (χ0) is 13.4. The van der Waals surface area contributed by atoms with Crippen LogP contribution in [-0.4, -0.2) is 12.8 Å². The number of allylic oxidation sites excluding steroid dienone is 1. The molecule has 1 aromatic carbocycles. The first-order chi connectivity index (χ1) is 8.69. The molecular weight excluding hydrogens is 290 g/mol. The summed E-state index contributed by atoms with van der Waals surface area (Å²) in [4.78, 5) is 4.84. The normalized spacial score (nSPS) is 12.1. The van der Waals surface area contributed by atoms with Gasteiger partial charge in [-0.15, -0.1) is 0 Å². The highest BCUT2D eigenvalue weighted by Gasteiger charge is 2.04. The zero-order valence-corrected chi connectivity index (χ0v) is 12.8. The Labute approximate surface area is 118 Å². The minimum Gasteiger partial charge on any atom is -0.399 e. The molecule has 0 saturated carbocycles. The summed E-state index contributed by atoms with van der Waals surface area (Å²) < 4.78 is 1.08. The van der Waals surface area contributed by atoms with Crippen molar-refractivity contribution in [2.45, 2.75) is 33.1 Å². The molecule has 0 aromatic heterocycles. The minimum atomic E-state index is 0.889. The van der Waals surface area contributed by atoms with Gasteiger partial charge in [0.05, 0.1) is 5.71 Å². The lowest BCUT2D eigenvalue weighted by molar-refractivity contribution is 0.213. The fraction of sp³-hybridized carbons (Fsp3) is 0.400. The van der Waals surface area contributed by atoms with Crippen molar-refractivity contribution in [3.8, 4) is 0 Å². The molecule has 98 valence electrons. The summed E-state index contributed by atoms with van der Waals surface area (Å²) in [5.41, 5.74) is 3.16. The Morgan fingerprint density at radius 3 is 2.89 bits per heavy atom. The van der Waals surface area contributed by atoms with Gasteiger partial charge in [0, 0.05) is 10.0 Å². The van der Waals surface area contributed by atoms with Gasteiger partial charge in [0.25, 0.3) is 0 Å². The average molecular weight is 310 g/mol. The summed E-state index contributed by atoms with van der Waals surface area (Å²) >= 11 is 3.50. The highest BCUT2D eigenvalue weighted by atomic mass is 79.9. The molecule has 18 heavy (non-hydrogen) atoms. The molecule has 0 unspecified atom stereocenters. The van der Waals surface area contributed by atoms with Crippen molar-refractivity contribution in [2.24, 2.45) is 5.16 Å². The number of nitrogens with zero attached hydrogens (tertiary/aromatic N) is 1. The second-order valence-electron chi connectivity index (χ2n) is 4.14. The largest absolute Gasteiger partial charge is 0.399 e. The van der Waals surface area contributed by atoms with Crippen LogP contribution in [0.1, 0.15) is 44.2 Å². The van der Waals surface area contributed by atoms with Crippen molar-refractivity contribution in [1.29, 1.82) is 0 Å². The average Bonchev–Trinajstić information content (AvgIpc) is 2.35. The Morgan fingerprint density at radius 2 is 2.22 bits per heavy atom. The molecule has 0 radical (unpaired) electrons. The number of benzene rings is 1. The van der Waals surface area contributed by atoms with Crippen LogP contribution in [0.2, 0.25) is 0 Å². The molecule has 0 fully saturated rings. The lowest BCUT2D eigenvalue weighted by atomic mass is 10.0. The molecule has 0 saturated heterocycles. The SMILES string of the molecule is CCCC/C=C/c1cc(Br)ccc1/C(C)=N/OC. The summed E-state index contributed by atoms with van der Waals surface area (Å²) in [7, 11) is 1.57. The number of hydrogen-bond donors (Lipinski definition) is 0. The Morgan fingerprint density at radius 1 is 1.44 bits per heavy atom. The third-order valence-corrected chi connectivity index (χ3v) is 3.15. The first kappa shape index (κ1) is 15.0. The molecule has 0 amide bonds. The van der Waals surface area contributed by atoms with Gasteiger partial charge in [-0.2, -0.15) is 0 Å². The molecule has 0 atom stereocenters. The lowest BCUT2D eigenvalue weighted by Crippen LogP contribution is -1.98. The maximum Gasteiger partial charge on any atom is 0.106 e. The van der Waals surface area contributed by atoms with E-state index in [4.69, 9.17) is 4.84 Å². The van der Waals surface area contributed by atoms with Crippen LogP contribution < -0.4 is 0 Å². The van der Waals surface area contributed by atoms with E-state index < -0.39 is 0 Å². The van der Waals surface area contributed by atoms with Gasteiger partial charge in [0.15, 0.2) is 0 Å². The first-order valence-electron chi connectivity index (χ1n) is 6.23. The van der Waals surface area contributed by atoms with Crippen LogP contribution in [0.3, 0.4) is 0 Å². The van der Waals surface area contributed by atoms with Crippen molar-refractivity contribution < 1.29 is 4.84 Å². The summed E-state index contributed by atoms with van der Waals surface area (Å²) in [6.07, 6.45) is 7.94. The number of rotatable bonds is 6. The topological polar surface area (TPSA) is 21.6 Å². The van der Waals surface area contributed by atoms with E-state index in [2.05, 4.69) is 52.3 Å². The van der Waals surface area contributed by atoms with E-state index in [1.807, 2.05) is 13.0 Å². The monoisotopic (exact) mass is 309 g/mol. The highest BCUT2D eigenvalue weighted by Crippen LogP contribution is 2.19. The number of hydrogen-bond acceptors (Lipinski definition) is 2. The lowest BCUT2D eigenvalue weighted by Gasteiger charge is -2.06. The summed E-state index contributed by atoms with van der Waals surface area (Å²) in [6, 6.07) is 6.18. The van der Waals surface area contributed by atoms with Crippen molar-refractivity contribution in [2.75, 3.05) is 7.11 Å². The van der Waals surface area contributed by atoms with Crippen molar-refractivity contribution in [3.63, 3.8) is 0 Å². The molecule has 2 nitrogen and oxygen atoms in total. The fourth-order valence-electron chi connectivity index (χ4n) is 1.72. The van der Waals surface area contributed by atoms with Crippen LogP contribution in [-0.2, 0) is 4.84 Å². The molecule has 0 bridgehead atoms. The van der Waals surface area contributed by atoms with Crippen LogP contribution in [0, 0.1) is 0 Å². The van der Waals surface area contributed by atoms with Gasteiger partial charge in [0.2, 0.25) is 0 Å². The molecule has 0 N–H and O–H groups in total. The molecule has 0 heterocycles. The third kappa shape index (κ3) is 4.65. The molecule has 1 rings (SSSR count). The van der Waals surface area contributed by atoms with Gasteiger partial charge in [-0.1, -0.05) is 59.1 Å². The summed E-state index contributed by atoms with van der Waals surface area (Å²) in [6.45, 7) is 4.16. The molecule has 1 aromatic rings. The van der Waals surface area contributed by atoms with Gasteiger partial charge in [-0.25, -0.2) is 0 Å². The molecule has 0 aliphatic rings. The number of oxime groups is 1. The standard InChI is InChI=1S/C15H20BrNO/c1-4-5-6-7-8-13-11-14(16)9-10-15(13)12(2)17-18-3/h7-11H,4-6H2,1-3H3/b8-7+,17-12+. The fourth-order valence-corrected chi connectivity index (χ4v) is 2.10. The Balaban J connectivity index is 2.97. The molecule has 3 heteroatoms. The molecule has 0 aliphatic carbocycles. The number of halogens is 1. The van der Waals surface area contributed by atoms with E-state index in [-0.39, 0.29) is 0 Å². The number of unbranched alkanes of at least 4 members (excludes halogenated alkanes) is 2. The van der Waals surface area contributed by atoms with Gasteiger partial charge in [0.1, 0.15) is 7.11 Å². The van der Waals surface area contributed by atoms with Crippen LogP contribution in [0.4, 0.5) is 0 Å². The third-order valence-electron chi connectivity index (χ3n) is 2.65. The van der Waals surface area contributed by atoms with E-state index >= 15 is 0 Å². The molecular formula is C15H20BrNO. The van der Waals surface area contributed by atoms with Crippen molar-refractivity contribution in [3.05, 3.63) is 39.9 Å². The van der Waals surface area contributed by atoms with Crippen molar-refractivity contribution >= 4 is 27.7 Å². The summed E-state index contributed by atoms with van der Waals surface area (Å²) in [5.74, 6) is 0. The van der Waals surface area contributed by atoms with E-state index in [0.717, 1.165) is 22.2 Å². The van der Waals surface area contributed by atoms with Crippen LogP contribution in [0.25, 0.3) is 6.08 Å². The zero-order valence-electron chi connectivity index (χ0n) is 11.2. The van der Waals surface area contributed by atoms with Gasteiger partial charge >= 0.3 is 0 Å². The van der Waals surface area contributed by atoms with Crippen LogP contribution in [0.15, 0.2) is 33.9 Å². The Bertz CT molecular complexity index is 438. The maximum absolute atomic E-state index is 4.84. The van der Waals surface area contributed by atoms with Gasteiger partial charge in [-0.05, 0) is 31.0 Å².